The van der Waals surface area contributed by atoms with Crippen molar-refractivity contribution in [2.75, 3.05) is 5.75 Å². The third kappa shape index (κ3) is 3.21. The first-order valence-electron chi connectivity index (χ1n) is 8.05. The van der Waals surface area contributed by atoms with Crippen LogP contribution in [-0.2, 0) is 0 Å². The molecule has 0 aliphatic heterocycles. The van der Waals surface area contributed by atoms with Gasteiger partial charge >= 0.3 is 0 Å². The maximum Gasteiger partial charge on any atom is 0.0553 e. The van der Waals surface area contributed by atoms with Crippen LogP contribution in [-0.4, -0.2) is 11.0 Å². The summed E-state index contributed by atoms with van der Waals surface area (Å²) in [5.41, 5.74) is 6.04. The Kier molecular flexibility index (Phi) is 5.03. The summed E-state index contributed by atoms with van der Waals surface area (Å²) < 4.78 is 0. The van der Waals surface area contributed by atoms with E-state index >= 15 is 0 Å². The molecule has 0 bridgehead atoms. The first-order chi connectivity index (χ1) is 9.88. The van der Waals surface area contributed by atoms with Crippen LogP contribution in [0.1, 0.15) is 68.0 Å². The molecule has 0 aromatic heterocycles. The Morgan fingerprint density at radius 1 is 1.10 bits per heavy atom. The molecule has 2 saturated carbocycles. The number of hydrogen-bond acceptors (Lipinski definition) is 3. The Morgan fingerprint density at radius 2 is 1.85 bits per heavy atom. The SMILES string of the molecule is NNC(CSC1CCCC1)c1ccccc1C1CCC1. The zero-order chi connectivity index (χ0) is 13.8. The van der Waals surface area contributed by atoms with Crippen molar-refractivity contribution in [3.63, 3.8) is 0 Å². The van der Waals surface area contributed by atoms with Crippen molar-refractivity contribution in [1.29, 1.82) is 0 Å². The zero-order valence-corrected chi connectivity index (χ0v) is 13.0. The minimum Gasteiger partial charge on any atom is -0.271 e. The van der Waals surface area contributed by atoms with Crippen molar-refractivity contribution in [1.82, 2.24) is 5.43 Å². The molecule has 1 atom stereocenters. The summed E-state index contributed by atoms with van der Waals surface area (Å²) in [6.45, 7) is 0. The minimum atomic E-state index is 0.303. The Balaban J connectivity index is 1.67. The molecule has 0 spiro atoms. The predicted molar refractivity (Wildman–Crippen MR) is 87.8 cm³/mol. The van der Waals surface area contributed by atoms with E-state index in [1.807, 2.05) is 0 Å². The number of thioether (sulfide) groups is 1. The van der Waals surface area contributed by atoms with Gasteiger partial charge in [0.1, 0.15) is 0 Å². The molecular formula is C17H26N2S. The van der Waals surface area contributed by atoms with Crippen molar-refractivity contribution < 1.29 is 0 Å². The van der Waals surface area contributed by atoms with Crippen molar-refractivity contribution >= 4 is 11.8 Å². The van der Waals surface area contributed by atoms with Gasteiger partial charge in [0.2, 0.25) is 0 Å². The van der Waals surface area contributed by atoms with E-state index in [9.17, 15) is 0 Å². The number of hydrogen-bond donors (Lipinski definition) is 2. The Labute approximate surface area is 126 Å². The van der Waals surface area contributed by atoms with Crippen LogP contribution in [0.25, 0.3) is 0 Å². The summed E-state index contributed by atoms with van der Waals surface area (Å²) >= 11 is 2.12. The van der Waals surface area contributed by atoms with Gasteiger partial charge in [0, 0.05) is 11.0 Å². The maximum absolute atomic E-state index is 5.85. The number of nitrogens with one attached hydrogen (secondary N) is 1. The average Bonchev–Trinajstić information content (AvgIpc) is 2.92. The molecule has 3 heteroatoms. The first kappa shape index (κ1) is 14.4. The van der Waals surface area contributed by atoms with E-state index in [1.165, 1.54) is 56.1 Å². The van der Waals surface area contributed by atoms with E-state index in [-0.39, 0.29) is 0 Å². The van der Waals surface area contributed by atoms with Crippen LogP contribution in [0.5, 0.6) is 0 Å². The summed E-state index contributed by atoms with van der Waals surface area (Å²) in [4.78, 5) is 0. The lowest BCUT2D eigenvalue weighted by Gasteiger charge is -2.30. The van der Waals surface area contributed by atoms with Gasteiger partial charge in [-0.2, -0.15) is 11.8 Å². The highest BCUT2D eigenvalue weighted by molar-refractivity contribution is 7.99. The predicted octanol–water partition coefficient (Wildman–Crippen LogP) is 4.13. The summed E-state index contributed by atoms with van der Waals surface area (Å²) in [7, 11) is 0. The quantitative estimate of drug-likeness (QED) is 0.611. The highest BCUT2D eigenvalue weighted by Gasteiger charge is 2.25. The molecule has 3 rings (SSSR count). The van der Waals surface area contributed by atoms with Crippen LogP contribution < -0.4 is 11.3 Å². The number of benzene rings is 1. The molecule has 20 heavy (non-hydrogen) atoms. The Hall–Kier alpha value is -0.510. The zero-order valence-electron chi connectivity index (χ0n) is 12.2. The molecule has 1 aromatic carbocycles. The van der Waals surface area contributed by atoms with Gasteiger partial charge in [-0.05, 0) is 42.7 Å². The van der Waals surface area contributed by atoms with Crippen molar-refractivity contribution in [2.24, 2.45) is 5.84 Å². The summed E-state index contributed by atoms with van der Waals surface area (Å²) in [6.07, 6.45) is 9.71. The van der Waals surface area contributed by atoms with Crippen LogP contribution in [0.4, 0.5) is 0 Å². The smallest absolute Gasteiger partial charge is 0.0553 e. The summed E-state index contributed by atoms with van der Waals surface area (Å²) in [6, 6.07) is 9.21. The van der Waals surface area contributed by atoms with Gasteiger partial charge in [0.25, 0.3) is 0 Å². The highest BCUT2D eigenvalue weighted by atomic mass is 32.2. The average molecular weight is 290 g/mol. The Bertz CT molecular complexity index is 425. The molecule has 0 heterocycles. The molecule has 1 unspecified atom stereocenters. The fourth-order valence-electron chi connectivity index (χ4n) is 3.43. The third-order valence-corrected chi connectivity index (χ3v) is 6.39. The molecule has 110 valence electrons. The molecule has 1 aromatic rings. The second kappa shape index (κ2) is 6.97. The Morgan fingerprint density at radius 3 is 2.50 bits per heavy atom. The van der Waals surface area contributed by atoms with Crippen LogP contribution in [0.15, 0.2) is 24.3 Å². The first-order valence-corrected chi connectivity index (χ1v) is 9.10. The third-order valence-electron chi connectivity index (χ3n) is 4.92. The molecule has 0 saturated heterocycles. The molecule has 2 aliphatic rings. The fraction of sp³-hybridized carbons (Fsp3) is 0.647. The molecule has 2 fully saturated rings. The van der Waals surface area contributed by atoms with Gasteiger partial charge in [-0.3, -0.25) is 11.3 Å². The molecular weight excluding hydrogens is 264 g/mol. The number of hydrazine groups is 1. The van der Waals surface area contributed by atoms with Crippen LogP contribution in [0, 0.1) is 0 Å². The standard InChI is InChI=1S/C17H26N2S/c18-19-17(12-20-14-8-1-2-9-14)16-11-4-3-10-15(16)13-6-5-7-13/h3-4,10-11,13-14,17,19H,1-2,5-9,12,18H2. The maximum atomic E-state index is 5.85. The van der Waals surface area contributed by atoms with Crippen molar-refractivity contribution in [3.8, 4) is 0 Å². The van der Waals surface area contributed by atoms with Crippen molar-refractivity contribution in [2.45, 2.75) is 62.2 Å². The van der Waals surface area contributed by atoms with Crippen molar-refractivity contribution in [3.05, 3.63) is 35.4 Å². The van der Waals surface area contributed by atoms with Gasteiger partial charge in [0.15, 0.2) is 0 Å². The van der Waals surface area contributed by atoms with Gasteiger partial charge in [-0.1, -0.05) is 43.5 Å². The van der Waals surface area contributed by atoms with E-state index in [1.54, 1.807) is 0 Å². The molecule has 0 amide bonds. The largest absolute Gasteiger partial charge is 0.271 e. The lowest BCUT2D eigenvalue weighted by Crippen LogP contribution is -2.31. The van der Waals surface area contributed by atoms with E-state index in [0.717, 1.165) is 16.9 Å². The van der Waals surface area contributed by atoms with Gasteiger partial charge < -0.3 is 0 Å². The highest BCUT2D eigenvalue weighted by Crippen LogP contribution is 2.40. The van der Waals surface area contributed by atoms with E-state index in [0.29, 0.717) is 6.04 Å². The van der Waals surface area contributed by atoms with Gasteiger partial charge in [-0.25, -0.2) is 0 Å². The molecule has 3 N–H and O–H groups in total. The number of rotatable bonds is 6. The molecule has 2 nitrogen and oxygen atoms in total. The summed E-state index contributed by atoms with van der Waals surface area (Å²) in [5, 5.41) is 0.863. The van der Waals surface area contributed by atoms with E-state index in [2.05, 4.69) is 41.5 Å². The second-order valence-electron chi connectivity index (χ2n) is 6.22. The monoisotopic (exact) mass is 290 g/mol. The minimum absolute atomic E-state index is 0.303. The lowest BCUT2D eigenvalue weighted by atomic mass is 9.77. The topological polar surface area (TPSA) is 38.0 Å². The molecule has 0 radical (unpaired) electrons. The van der Waals surface area contributed by atoms with Crippen LogP contribution in [0.3, 0.4) is 0 Å². The lowest BCUT2D eigenvalue weighted by molar-refractivity contribution is 0.413. The van der Waals surface area contributed by atoms with Gasteiger partial charge in [-0.15, -0.1) is 0 Å². The molecule has 2 aliphatic carbocycles. The number of nitrogens with two attached hydrogens (primary N) is 1. The van der Waals surface area contributed by atoms with Crippen LogP contribution >= 0.6 is 11.8 Å². The second-order valence-corrected chi connectivity index (χ2v) is 7.55. The van der Waals surface area contributed by atoms with E-state index in [4.69, 9.17) is 5.84 Å². The summed E-state index contributed by atoms with van der Waals surface area (Å²) in [5.74, 6) is 7.73. The van der Waals surface area contributed by atoms with Crippen LogP contribution in [0.2, 0.25) is 0 Å². The van der Waals surface area contributed by atoms with Gasteiger partial charge in [0.05, 0.1) is 6.04 Å². The normalized spacial score (nSPS) is 21.9. The fourth-order valence-corrected chi connectivity index (χ4v) is 4.84. The van der Waals surface area contributed by atoms with E-state index < -0.39 is 0 Å².